The number of nitrogens with zero attached hydrogens (tertiary/aromatic N) is 2. The maximum Gasteiger partial charge on any atom is 0.248 e. The number of hydrogen-bond acceptors (Lipinski definition) is 4. The molecule has 96 valence electrons. The fraction of sp³-hybridized carbons (Fsp3) is 0.429. The number of rotatable bonds is 5. The largest absolute Gasteiger partial charge is 0.421 e. The Morgan fingerprint density at radius 2 is 2.06 bits per heavy atom. The summed E-state index contributed by atoms with van der Waals surface area (Å²) >= 11 is 0. The van der Waals surface area contributed by atoms with Crippen LogP contribution in [0, 0.1) is 13.8 Å². The smallest absolute Gasteiger partial charge is 0.248 e. The van der Waals surface area contributed by atoms with Gasteiger partial charge in [-0.3, -0.25) is 0 Å². The second-order valence-corrected chi connectivity index (χ2v) is 4.35. The minimum absolute atomic E-state index is 0.614. The molecule has 0 fully saturated rings. The summed E-state index contributed by atoms with van der Waals surface area (Å²) in [6.07, 6.45) is 0.770. The third-order valence-corrected chi connectivity index (χ3v) is 3.07. The first kappa shape index (κ1) is 12.8. The number of benzene rings is 1. The third-order valence-electron chi connectivity index (χ3n) is 3.07. The summed E-state index contributed by atoms with van der Waals surface area (Å²) in [7, 11) is 0. The van der Waals surface area contributed by atoms with Crippen molar-refractivity contribution >= 4 is 0 Å². The van der Waals surface area contributed by atoms with Crippen LogP contribution in [0.15, 0.2) is 22.6 Å². The van der Waals surface area contributed by atoms with Gasteiger partial charge < -0.3 is 9.73 Å². The highest BCUT2D eigenvalue weighted by Crippen LogP contribution is 2.24. The second-order valence-electron chi connectivity index (χ2n) is 4.35. The van der Waals surface area contributed by atoms with Crippen LogP contribution in [-0.2, 0) is 6.42 Å². The Labute approximate surface area is 107 Å². The number of hydrogen-bond donors (Lipinski definition) is 1. The van der Waals surface area contributed by atoms with Crippen LogP contribution in [-0.4, -0.2) is 23.3 Å². The van der Waals surface area contributed by atoms with E-state index < -0.39 is 0 Å². The maximum absolute atomic E-state index is 5.69. The molecule has 1 aromatic heterocycles. The lowest BCUT2D eigenvalue weighted by molar-refractivity contribution is 0.496. The van der Waals surface area contributed by atoms with Crippen LogP contribution in [0.2, 0.25) is 0 Å². The summed E-state index contributed by atoms with van der Waals surface area (Å²) < 4.78 is 5.69. The highest BCUT2D eigenvalue weighted by Gasteiger charge is 2.11. The van der Waals surface area contributed by atoms with Gasteiger partial charge in [0.15, 0.2) is 0 Å². The van der Waals surface area contributed by atoms with Crippen LogP contribution < -0.4 is 5.32 Å². The van der Waals surface area contributed by atoms with E-state index in [9.17, 15) is 0 Å². The molecular weight excluding hydrogens is 226 g/mol. The first-order chi connectivity index (χ1) is 8.72. The van der Waals surface area contributed by atoms with Gasteiger partial charge in [-0.15, -0.1) is 10.2 Å². The fourth-order valence-corrected chi connectivity index (χ4v) is 1.82. The minimum Gasteiger partial charge on any atom is -0.421 e. The molecule has 0 aliphatic rings. The van der Waals surface area contributed by atoms with Crippen LogP contribution in [0.3, 0.4) is 0 Å². The average molecular weight is 245 g/mol. The molecule has 0 atom stereocenters. The van der Waals surface area contributed by atoms with E-state index in [2.05, 4.69) is 42.4 Å². The van der Waals surface area contributed by atoms with Crippen LogP contribution >= 0.6 is 0 Å². The molecule has 1 aromatic carbocycles. The molecule has 0 spiro atoms. The fourth-order valence-electron chi connectivity index (χ4n) is 1.82. The maximum atomic E-state index is 5.69. The summed E-state index contributed by atoms with van der Waals surface area (Å²) in [5.74, 6) is 1.30. The average Bonchev–Trinajstić information content (AvgIpc) is 2.82. The van der Waals surface area contributed by atoms with Crippen LogP contribution in [0.25, 0.3) is 11.5 Å². The molecule has 0 aliphatic heterocycles. The molecule has 4 heteroatoms. The number of aryl methyl sites for hydroxylation is 1. The van der Waals surface area contributed by atoms with Gasteiger partial charge in [-0.25, -0.2) is 0 Å². The summed E-state index contributed by atoms with van der Waals surface area (Å²) in [6, 6.07) is 6.12. The van der Waals surface area contributed by atoms with E-state index in [1.165, 1.54) is 11.1 Å². The predicted molar refractivity (Wildman–Crippen MR) is 71.5 cm³/mol. The molecule has 0 saturated carbocycles. The Bertz CT molecular complexity index is 520. The van der Waals surface area contributed by atoms with Crippen molar-refractivity contribution in [1.82, 2.24) is 15.5 Å². The van der Waals surface area contributed by atoms with E-state index in [1.807, 2.05) is 12.1 Å². The molecule has 0 saturated heterocycles. The standard InChI is InChI=1S/C14H19N3O/c1-4-15-9-8-13-16-17-14(18-13)12-7-5-6-10(2)11(12)3/h5-7,15H,4,8-9H2,1-3H3. The number of aromatic nitrogens is 2. The SMILES string of the molecule is CCNCCc1nnc(-c2cccc(C)c2C)o1. The van der Waals surface area contributed by atoms with E-state index in [0.29, 0.717) is 11.8 Å². The molecule has 1 heterocycles. The lowest BCUT2D eigenvalue weighted by atomic mass is 10.0. The van der Waals surface area contributed by atoms with E-state index in [-0.39, 0.29) is 0 Å². The monoisotopic (exact) mass is 245 g/mol. The zero-order valence-corrected chi connectivity index (χ0v) is 11.2. The Hall–Kier alpha value is -1.68. The van der Waals surface area contributed by atoms with E-state index in [4.69, 9.17) is 4.42 Å². The first-order valence-corrected chi connectivity index (χ1v) is 6.32. The van der Waals surface area contributed by atoms with Gasteiger partial charge in [0.1, 0.15) is 0 Å². The molecule has 2 aromatic rings. The van der Waals surface area contributed by atoms with Gasteiger partial charge in [0.25, 0.3) is 0 Å². The normalized spacial score (nSPS) is 10.8. The van der Waals surface area contributed by atoms with Crippen molar-refractivity contribution in [3.8, 4) is 11.5 Å². The van der Waals surface area contributed by atoms with Gasteiger partial charge in [0.05, 0.1) is 0 Å². The summed E-state index contributed by atoms with van der Waals surface area (Å²) in [4.78, 5) is 0. The highest BCUT2D eigenvalue weighted by atomic mass is 16.4. The zero-order chi connectivity index (χ0) is 13.0. The quantitative estimate of drug-likeness (QED) is 0.822. The molecule has 2 rings (SSSR count). The van der Waals surface area contributed by atoms with E-state index in [1.54, 1.807) is 0 Å². The van der Waals surface area contributed by atoms with Crippen molar-refractivity contribution in [3.05, 3.63) is 35.2 Å². The van der Waals surface area contributed by atoms with Gasteiger partial charge in [-0.2, -0.15) is 0 Å². The number of nitrogens with one attached hydrogen (secondary N) is 1. The summed E-state index contributed by atoms with van der Waals surface area (Å²) in [5.41, 5.74) is 3.46. The van der Waals surface area contributed by atoms with Crippen molar-refractivity contribution in [2.75, 3.05) is 13.1 Å². The van der Waals surface area contributed by atoms with Gasteiger partial charge in [0.2, 0.25) is 11.8 Å². The summed E-state index contributed by atoms with van der Waals surface area (Å²) in [6.45, 7) is 8.06. The third kappa shape index (κ3) is 2.76. The van der Waals surface area contributed by atoms with Gasteiger partial charge in [-0.05, 0) is 37.6 Å². The van der Waals surface area contributed by atoms with Crippen molar-refractivity contribution in [3.63, 3.8) is 0 Å². The van der Waals surface area contributed by atoms with Crippen LogP contribution in [0.1, 0.15) is 23.9 Å². The molecular formula is C14H19N3O. The highest BCUT2D eigenvalue weighted by molar-refractivity contribution is 5.59. The van der Waals surface area contributed by atoms with Gasteiger partial charge in [0, 0.05) is 18.5 Å². The Kier molecular flexibility index (Phi) is 4.10. The minimum atomic E-state index is 0.614. The molecule has 0 amide bonds. The van der Waals surface area contributed by atoms with E-state index >= 15 is 0 Å². The zero-order valence-electron chi connectivity index (χ0n) is 11.2. The summed E-state index contributed by atoms with van der Waals surface area (Å²) in [5, 5.41) is 11.4. The van der Waals surface area contributed by atoms with Crippen molar-refractivity contribution in [2.45, 2.75) is 27.2 Å². The first-order valence-electron chi connectivity index (χ1n) is 6.32. The Morgan fingerprint density at radius 3 is 2.83 bits per heavy atom. The molecule has 0 bridgehead atoms. The Balaban J connectivity index is 2.16. The van der Waals surface area contributed by atoms with E-state index in [0.717, 1.165) is 25.1 Å². The molecule has 4 nitrogen and oxygen atoms in total. The van der Waals surface area contributed by atoms with Crippen molar-refractivity contribution in [1.29, 1.82) is 0 Å². The lowest BCUT2D eigenvalue weighted by Crippen LogP contribution is -2.16. The van der Waals surface area contributed by atoms with Crippen LogP contribution in [0.4, 0.5) is 0 Å². The molecule has 0 radical (unpaired) electrons. The Morgan fingerprint density at radius 1 is 1.22 bits per heavy atom. The topological polar surface area (TPSA) is 51.0 Å². The van der Waals surface area contributed by atoms with Gasteiger partial charge >= 0.3 is 0 Å². The second kappa shape index (κ2) is 5.78. The number of likely N-dealkylation sites (N-methyl/N-ethyl adjacent to an activating group) is 1. The van der Waals surface area contributed by atoms with Crippen molar-refractivity contribution in [2.24, 2.45) is 0 Å². The molecule has 1 N–H and O–H groups in total. The predicted octanol–water partition coefficient (Wildman–Crippen LogP) is 2.51. The molecule has 0 aliphatic carbocycles. The lowest BCUT2D eigenvalue weighted by Gasteiger charge is -2.03. The van der Waals surface area contributed by atoms with Gasteiger partial charge in [-0.1, -0.05) is 19.1 Å². The molecule has 0 unspecified atom stereocenters. The molecule has 18 heavy (non-hydrogen) atoms. The van der Waals surface area contributed by atoms with Crippen LogP contribution in [0.5, 0.6) is 0 Å². The van der Waals surface area contributed by atoms with Crippen molar-refractivity contribution < 1.29 is 4.42 Å².